The minimum atomic E-state index is -3.37. The summed E-state index contributed by atoms with van der Waals surface area (Å²) in [5.41, 5.74) is 0. The summed E-state index contributed by atoms with van der Waals surface area (Å²) in [5, 5.41) is 0. The van der Waals surface area contributed by atoms with Crippen LogP contribution < -0.4 is 4.72 Å². The summed E-state index contributed by atoms with van der Waals surface area (Å²) in [6.07, 6.45) is 3.93. The molecule has 19 heavy (non-hydrogen) atoms. The maximum absolute atomic E-state index is 11.5. The second-order valence-electron chi connectivity index (χ2n) is 4.52. The van der Waals surface area contributed by atoms with E-state index in [0.717, 1.165) is 19.1 Å². The topological polar surface area (TPSA) is 89.5 Å². The van der Waals surface area contributed by atoms with E-state index in [4.69, 9.17) is 4.74 Å². The second kappa shape index (κ2) is 9.68. The van der Waals surface area contributed by atoms with Gasteiger partial charge in [-0.3, -0.25) is 0 Å². The van der Waals surface area contributed by atoms with Crippen molar-refractivity contribution in [2.24, 2.45) is 0 Å². The maximum Gasteiger partial charge on any atom is 0.211 e. The van der Waals surface area contributed by atoms with Crippen molar-refractivity contribution in [3.05, 3.63) is 0 Å². The number of ether oxygens (including phenoxy) is 1. The van der Waals surface area contributed by atoms with Crippen LogP contribution in [0.3, 0.4) is 0 Å². The van der Waals surface area contributed by atoms with Crippen LogP contribution in [0.5, 0.6) is 0 Å². The molecule has 0 unspecified atom stereocenters. The van der Waals surface area contributed by atoms with Gasteiger partial charge >= 0.3 is 0 Å². The molecule has 0 aliphatic carbocycles. The number of rotatable bonds is 12. The van der Waals surface area contributed by atoms with E-state index in [1.165, 1.54) is 0 Å². The normalized spacial score (nSPS) is 12.7. The third-order valence-electron chi connectivity index (χ3n) is 2.36. The van der Waals surface area contributed by atoms with Gasteiger partial charge in [0.1, 0.15) is 9.84 Å². The fourth-order valence-corrected chi connectivity index (χ4v) is 3.31. The van der Waals surface area contributed by atoms with E-state index in [2.05, 4.69) is 11.6 Å². The molecule has 0 atom stereocenters. The Kier molecular flexibility index (Phi) is 9.59. The van der Waals surface area contributed by atoms with Crippen molar-refractivity contribution in [3.8, 4) is 0 Å². The van der Waals surface area contributed by atoms with Crippen molar-refractivity contribution < 1.29 is 21.6 Å². The number of hydrogen-bond donors (Lipinski definition) is 1. The summed E-state index contributed by atoms with van der Waals surface area (Å²) in [5.74, 6) is -0.259. The predicted octanol–water partition coefficient (Wildman–Crippen LogP) is 0.547. The molecule has 1 N–H and O–H groups in total. The lowest BCUT2D eigenvalue weighted by Gasteiger charge is -2.07. The summed E-state index contributed by atoms with van der Waals surface area (Å²) >= 11 is 0. The Balaban J connectivity index is 3.63. The van der Waals surface area contributed by atoms with E-state index in [0.29, 0.717) is 26.2 Å². The lowest BCUT2D eigenvalue weighted by atomic mass is 10.4. The molecule has 0 heterocycles. The van der Waals surface area contributed by atoms with E-state index >= 15 is 0 Å². The third-order valence-corrected chi connectivity index (χ3v) is 4.86. The van der Waals surface area contributed by atoms with Gasteiger partial charge in [0.05, 0.1) is 11.5 Å². The van der Waals surface area contributed by atoms with Crippen molar-refractivity contribution in [2.75, 3.05) is 37.5 Å². The van der Waals surface area contributed by atoms with Crippen LogP contribution in [0.15, 0.2) is 0 Å². The Morgan fingerprint density at radius 2 is 1.58 bits per heavy atom. The van der Waals surface area contributed by atoms with Crippen LogP contribution in [0, 0.1) is 0 Å². The van der Waals surface area contributed by atoms with Crippen LogP contribution in [-0.4, -0.2) is 54.4 Å². The zero-order valence-electron chi connectivity index (χ0n) is 11.7. The van der Waals surface area contributed by atoms with Gasteiger partial charge in [0.15, 0.2) is 0 Å². The maximum atomic E-state index is 11.5. The smallest absolute Gasteiger partial charge is 0.211 e. The first kappa shape index (κ1) is 18.8. The van der Waals surface area contributed by atoms with E-state index in [1.807, 2.05) is 0 Å². The van der Waals surface area contributed by atoms with Gasteiger partial charge in [-0.1, -0.05) is 13.3 Å². The average Bonchev–Trinajstić information content (AvgIpc) is 2.25. The third kappa shape index (κ3) is 14.0. The quantitative estimate of drug-likeness (QED) is 0.531. The van der Waals surface area contributed by atoms with Gasteiger partial charge in [-0.05, 0) is 19.3 Å². The summed E-state index contributed by atoms with van der Waals surface area (Å²) in [4.78, 5) is 0. The lowest BCUT2D eigenvalue weighted by molar-refractivity contribution is 0.130. The van der Waals surface area contributed by atoms with Crippen molar-refractivity contribution in [3.63, 3.8) is 0 Å². The van der Waals surface area contributed by atoms with Gasteiger partial charge in [-0.25, -0.2) is 21.6 Å². The van der Waals surface area contributed by atoms with Crippen LogP contribution in [0.2, 0.25) is 0 Å². The van der Waals surface area contributed by atoms with Crippen LogP contribution >= 0.6 is 0 Å². The lowest BCUT2D eigenvalue weighted by Crippen LogP contribution is -2.28. The first-order valence-electron chi connectivity index (χ1n) is 6.49. The molecule has 0 radical (unpaired) electrons. The fraction of sp³-hybridized carbons (Fsp3) is 1.00. The molecule has 6 nitrogen and oxygen atoms in total. The molecule has 0 aliphatic heterocycles. The molecule has 0 fully saturated rings. The minimum absolute atomic E-state index is 0.103. The number of sulfone groups is 1. The molecule has 116 valence electrons. The molecule has 0 rings (SSSR count). The van der Waals surface area contributed by atoms with E-state index in [-0.39, 0.29) is 17.9 Å². The zero-order valence-corrected chi connectivity index (χ0v) is 13.4. The minimum Gasteiger partial charge on any atom is -0.381 e. The molecule has 0 amide bonds. The van der Waals surface area contributed by atoms with Crippen LogP contribution in [0.1, 0.15) is 32.6 Å². The molecule has 0 aliphatic rings. The van der Waals surface area contributed by atoms with Gasteiger partial charge in [0.2, 0.25) is 10.0 Å². The van der Waals surface area contributed by atoms with Gasteiger partial charge in [0.25, 0.3) is 0 Å². The fourth-order valence-electron chi connectivity index (χ4n) is 1.33. The van der Waals surface area contributed by atoms with Crippen LogP contribution in [-0.2, 0) is 24.6 Å². The molecule has 0 bridgehead atoms. The highest BCUT2D eigenvalue weighted by molar-refractivity contribution is 7.91. The number of hydrogen-bond acceptors (Lipinski definition) is 5. The SMILES string of the molecule is CCCCOCCCNS(=O)(=O)CCCS(C)(=O)=O. The van der Waals surface area contributed by atoms with E-state index in [9.17, 15) is 16.8 Å². The molecule has 0 saturated heterocycles. The molecule has 0 aromatic heterocycles. The van der Waals surface area contributed by atoms with Crippen molar-refractivity contribution in [1.29, 1.82) is 0 Å². The van der Waals surface area contributed by atoms with Gasteiger partial charge in [-0.15, -0.1) is 0 Å². The van der Waals surface area contributed by atoms with Crippen molar-refractivity contribution in [1.82, 2.24) is 4.72 Å². The van der Waals surface area contributed by atoms with E-state index < -0.39 is 19.9 Å². The zero-order chi connectivity index (χ0) is 14.8. The molecule has 8 heteroatoms. The first-order valence-corrected chi connectivity index (χ1v) is 10.2. The highest BCUT2D eigenvalue weighted by Gasteiger charge is 2.11. The first-order chi connectivity index (χ1) is 8.77. The Morgan fingerprint density at radius 3 is 2.16 bits per heavy atom. The van der Waals surface area contributed by atoms with Crippen LogP contribution in [0.4, 0.5) is 0 Å². The summed E-state index contributed by atoms with van der Waals surface area (Å²) in [7, 11) is -6.47. The number of unbranched alkanes of at least 4 members (excludes halogenated alkanes) is 1. The summed E-state index contributed by atoms with van der Waals surface area (Å²) in [6.45, 7) is 3.64. The number of sulfonamides is 1. The average molecular weight is 315 g/mol. The highest BCUT2D eigenvalue weighted by atomic mass is 32.2. The predicted molar refractivity (Wildman–Crippen MR) is 76.5 cm³/mol. The Morgan fingerprint density at radius 1 is 0.947 bits per heavy atom. The molecule has 0 spiro atoms. The van der Waals surface area contributed by atoms with Gasteiger partial charge < -0.3 is 4.74 Å². The summed E-state index contributed by atoms with van der Waals surface area (Å²) < 4.78 is 52.5. The Bertz CT molecular complexity index is 416. The largest absolute Gasteiger partial charge is 0.381 e. The highest BCUT2D eigenvalue weighted by Crippen LogP contribution is 1.95. The van der Waals surface area contributed by atoms with Gasteiger partial charge in [-0.2, -0.15) is 0 Å². The molecular formula is C11H25NO5S2. The molecule has 0 aromatic carbocycles. The second-order valence-corrected chi connectivity index (χ2v) is 8.70. The van der Waals surface area contributed by atoms with Gasteiger partial charge in [0, 0.05) is 26.0 Å². The van der Waals surface area contributed by atoms with Crippen LogP contribution in [0.25, 0.3) is 0 Å². The van der Waals surface area contributed by atoms with E-state index in [1.54, 1.807) is 0 Å². The summed E-state index contributed by atoms with van der Waals surface area (Å²) in [6, 6.07) is 0. The molecule has 0 aromatic rings. The molecular weight excluding hydrogens is 290 g/mol. The van der Waals surface area contributed by atoms with Crippen molar-refractivity contribution >= 4 is 19.9 Å². The monoisotopic (exact) mass is 315 g/mol. The number of nitrogens with one attached hydrogen (secondary N) is 1. The Hall–Kier alpha value is -0.180. The molecule has 0 saturated carbocycles. The Labute approximate surface area is 116 Å². The van der Waals surface area contributed by atoms with Crippen molar-refractivity contribution in [2.45, 2.75) is 32.6 Å². The standard InChI is InChI=1S/C11H25NO5S2/c1-3-4-8-17-9-5-7-12-19(15,16)11-6-10-18(2,13)14/h12H,3-11H2,1-2H3.